The molecule has 28 heavy (non-hydrogen) atoms. The number of unbranched alkanes of at least 4 members (excludes halogenated alkanes) is 1. The van der Waals surface area contributed by atoms with Crippen molar-refractivity contribution in [3.63, 3.8) is 0 Å². The maximum Gasteiger partial charge on any atom is 0.274 e. The zero-order valence-corrected chi connectivity index (χ0v) is 17.5. The number of hydrogen-bond donors (Lipinski definition) is 0. The Balaban J connectivity index is 1.31. The van der Waals surface area contributed by atoms with Crippen LogP contribution in [0, 0.1) is 5.92 Å². The Hall–Kier alpha value is -1.40. The normalized spacial score (nSPS) is 23.6. The van der Waals surface area contributed by atoms with Crippen molar-refractivity contribution in [1.29, 1.82) is 0 Å². The summed E-state index contributed by atoms with van der Waals surface area (Å²) in [4.78, 5) is 17.6. The van der Waals surface area contributed by atoms with Gasteiger partial charge in [0.25, 0.3) is 5.91 Å². The zero-order chi connectivity index (χ0) is 19.3. The Kier molecular flexibility index (Phi) is 6.68. The van der Waals surface area contributed by atoms with E-state index in [4.69, 9.17) is 4.74 Å². The van der Waals surface area contributed by atoms with Gasteiger partial charge < -0.3 is 9.64 Å². The minimum atomic E-state index is 0.171. The summed E-state index contributed by atoms with van der Waals surface area (Å²) in [6.07, 6.45) is 10.7. The highest BCUT2D eigenvalue weighted by molar-refractivity contribution is 5.94. The van der Waals surface area contributed by atoms with E-state index in [2.05, 4.69) is 10.00 Å². The molecule has 6 nitrogen and oxygen atoms in total. The van der Waals surface area contributed by atoms with Gasteiger partial charge in [-0.3, -0.25) is 14.4 Å². The standard InChI is InChI=1S/C22H36N4O2/c1-24-20-9-8-18(7-3-6-10-25-13-15-28-16-14-25)17-19(20)21(23-24)22(27)26-11-4-2-5-12-26/h18H,2-17H2,1H3. The second-order valence-corrected chi connectivity index (χ2v) is 8.81. The van der Waals surface area contributed by atoms with Crippen LogP contribution in [0.5, 0.6) is 0 Å². The van der Waals surface area contributed by atoms with Gasteiger partial charge in [-0.15, -0.1) is 0 Å². The van der Waals surface area contributed by atoms with E-state index in [1.165, 1.54) is 49.9 Å². The molecule has 2 fully saturated rings. The highest BCUT2D eigenvalue weighted by Gasteiger charge is 2.30. The van der Waals surface area contributed by atoms with Crippen LogP contribution in [0.3, 0.4) is 0 Å². The van der Waals surface area contributed by atoms with E-state index in [1.54, 1.807) is 0 Å². The maximum absolute atomic E-state index is 13.1. The quantitative estimate of drug-likeness (QED) is 0.703. The van der Waals surface area contributed by atoms with Crippen LogP contribution in [0.1, 0.15) is 66.7 Å². The molecule has 1 unspecified atom stereocenters. The predicted molar refractivity (Wildman–Crippen MR) is 110 cm³/mol. The maximum atomic E-state index is 13.1. The smallest absolute Gasteiger partial charge is 0.274 e. The van der Waals surface area contributed by atoms with Crippen molar-refractivity contribution in [3.8, 4) is 0 Å². The molecule has 156 valence electrons. The minimum Gasteiger partial charge on any atom is -0.379 e. The minimum absolute atomic E-state index is 0.171. The number of aromatic nitrogens is 2. The lowest BCUT2D eigenvalue weighted by Gasteiger charge is -2.28. The summed E-state index contributed by atoms with van der Waals surface area (Å²) in [7, 11) is 2.01. The number of amides is 1. The van der Waals surface area contributed by atoms with Gasteiger partial charge in [-0.2, -0.15) is 5.10 Å². The fourth-order valence-corrected chi connectivity index (χ4v) is 5.12. The molecule has 1 aromatic rings. The van der Waals surface area contributed by atoms with Crippen LogP contribution in [0.2, 0.25) is 0 Å². The van der Waals surface area contributed by atoms with Crippen molar-refractivity contribution < 1.29 is 9.53 Å². The summed E-state index contributed by atoms with van der Waals surface area (Å²) in [5, 5.41) is 4.67. The van der Waals surface area contributed by atoms with Crippen molar-refractivity contribution in [2.45, 2.75) is 57.8 Å². The van der Waals surface area contributed by atoms with E-state index >= 15 is 0 Å². The number of piperidine rings is 1. The molecule has 3 heterocycles. The van der Waals surface area contributed by atoms with Gasteiger partial charge in [0, 0.05) is 44.5 Å². The van der Waals surface area contributed by atoms with E-state index in [-0.39, 0.29) is 5.91 Å². The second-order valence-electron chi connectivity index (χ2n) is 8.81. The average Bonchev–Trinajstić information content (AvgIpc) is 3.08. The number of carbonyl (C=O) groups is 1. The number of carbonyl (C=O) groups excluding carboxylic acids is 1. The van der Waals surface area contributed by atoms with Gasteiger partial charge >= 0.3 is 0 Å². The lowest BCUT2D eigenvalue weighted by molar-refractivity contribution is 0.0370. The fraction of sp³-hybridized carbons (Fsp3) is 0.818. The number of fused-ring (bicyclic) bond motifs is 1. The molecule has 0 aromatic carbocycles. The first-order valence-electron chi connectivity index (χ1n) is 11.4. The molecule has 1 amide bonds. The summed E-state index contributed by atoms with van der Waals surface area (Å²) in [5.41, 5.74) is 3.30. The van der Waals surface area contributed by atoms with Crippen molar-refractivity contribution in [1.82, 2.24) is 19.6 Å². The fourth-order valence-electron chi connectivity index (χ4n) is 5.12. The van der Waals surface area contributed by atoms with E-state index in [0.717, 1.165) is 70.8 Å². The molecular weight excluding hydrogens is 352 g/mol. The summed E-state index contributed by atoms with van der Waals surface area (Å²) in [5.74, 6) is 0.874. The van der Waals surface area contributed by atoms with Gasteiger partial charge in [-0.05, 0) is 57.4 Å². The molecule has 0 bridgehead atoms. The van der Waals surface area contributed by atoms with Crippen molar-refractivity contribution >= 4 is 5.91 Å². The van der Waals surface area contributed by atoms with E-state index < -0.39 is 0 Å². The van der Waals surface area contributed by atoms with Gasteiger partial charge in [-0.1, -0.05) is 12.8 Å². The Labute approximate surface area is 169 Å². The number of ether oxygens (including phenoxy) is 1. The zero-order valence-electron chi connectivity index (χ0n) is 17.5. The van der Waals surface area contributed by atoms with Crippen LogP contribution >= 0.6 is 0 Å². The molecule has 0 saturated carbocycles. The molecule has 0 spiro atoms. The van der Waals surface area contributed by atoms with Crippen molar-refractivity contribution in [2.24, 2.45) is 13.0 Å². The molecule has 0 N–H and O–H groups in total. The van der Waals surface area contributed by atoms with Crippen LogP contribution in [0.4, 0.5) is 0 Å². The van der Waals surface area contributed by atoms with E-state index in [1.807, 2.05) is 16.6 Å². The Bertz CT molecular complexity index is 660. The largest absolute Gasteiger partial charge is 0.379 e. The average molecular weight is 389 g/mol. The summed E-state index contributed by atoms with van der Waals surface area (Å²) < 4.78 is 7.40. The Morgan fingerprint density at radius 2 is 1.89 bits per heavy atom. The number of likely N-dealkylation sites (tertiary alicyclic amines) is 1. The van der Waals surface area contributed by atoms with Crippen LogP contribution in [-0.4, -0.2) is 71.4 Å². The van der Waals surface area contributed by atoms with Gasteiger partial charge in [0.1, 0.15) is 0 Å². The summed E-state index contributed by atoms with van der Waals surface area (Å²) in [6.45, 7) is 6.95. The number of nitrogens with zero attached hydrogens (tertiary/aromatic N) is 4. The summed E-state index contributed by atoms with van der Waals surface area (Å²) in [6, 6.07) is 0. The van der Waals surface area contributed by atoms with Crippen molar-refractivity contribution in [3.05, 3.63) is 17.0 Å². The highest BCUT2D eigenvalue weighted by Crippen LogP contribution is 2.31. The molecule has 2 aliphatic heterocycles. The third kappa shape index (κ3) is 4.60. The number of rotatable bonds is 6. The first kappa shape index (κ1) is 19.9. The van der Waals surface area contributed by atoms with Gasteiger partial charge in [-0.25, -0.2) is 0 Å². The molecule has 1 atom stereocenters. The van der Waals surface area contributed by atoms with Gasteiger partial charge in [0.05, 0.1) is 13.2 Å². The SMILES string of the molecule is Cn1nc(C(=O)N2CCCCC2)c2c1CCC(CCCCN1CCOCC1)C2. The molecule has 1 aromatic heterocycles. The van der Waals surface area contributed by atoms with Crippen LogP contribution < -0.4 is 0 Å². The molecule has 3 aliphatic rings. The van der Waals surface area contributed by atoms with E-state index in [0.29, 0.717) is 5.92 Å². The van der Waals surface area contributed by atoms with Crippen LogP contribution in [-0.2, 0) is 24.6 Å². The third-order valence-electron chi connectivity index (χ3n) is 6.84. The highest BCUT2D eigenvalue weighted by atomic mass is 16.5. The number of hydrogen-bond acceptors (Lipinski definition) is 4. The lowest BCUT2D eigenvalue weighted by Crippen LogP contribution is -2.36. The molecular formula is C22H36N4O2. The first-order chi connectivity index (χ1) is 13.7. The number of aryl methyl sites for hydroxylation is 1. The third-order valence-corrected chi connectivity index (χ3v) is 6.84. The topological polar surface area (TPSA) is 50.6 Å². The molecule has 1 aliphatic carbocycles. The van der Waals surface area contributed by atoms with E-state index in [9.17, 15) is 4.79 Å². The van der Waals surface area contributed by atoms with Crippen molar-refractivity contribution in [2.75, 3.05) is 45.9 Å². The number of morpholine rings is 1. The second kappa shape index (κ2) is 9.40. The monoisotopic (exact) mass is 388 g/mol. The predicted octanol–water partition coefficient (Wildman–Crippen LogP) is 2.65. The Morgan fingerprint density at radius 1 is 1.11 bits per heavy atom. The first-order valence-corrected chi connectivity index (χ1v) is 11.4. The molecule has 2 saturated heterocycles. The summed E-state index contributed by atoms with van der Waals surface area (Å²) >= 11 is 0. The van der Waals surface area contributed by atoms with Gasteiger partial charge in [0.2, 0.25) is 0 Å². The lowest BCUT2D eigenvalue weighted by atomic mass is 9.83. The molecule has 4 rings (SSSR count). The molecule has 6 heteroatoms. The molecule has 0 radical (unpaired) electrons. The van der Waals surface area contributed by atoms with Crippen LogP contribution in [0.25, 0.3) is 0 Å². The van der Waals surface area contributed by atoms with Crippen LogP contribution in [0.15, 0.2) is 0 Å². The Morgan fingerprint density at radius 3 is 2.68 bits per heavy atom. The van der Waals surface area contributed by atoms with Gasteiger partial charge in [0.15, 0.2) is 5.69 Å².